The van der Waals surface area contributed by atoms with Gasteiger partial charge in [0, 0.05) is 27.3 Å². The minimum Gasteiger partial charge on any atom is -0.357 e. The molecule has 0 aliphatic rings. The second kappa shape index (κ2) is 14.3. The van der Waals surface area contributed by atoms with Gasteiger partial charge in [0.2, 0.25) is 0 Å². The average Bonchev–Trinajstić information content (AvgIpc) is 2.95. The molecule has 1 aromatic rings. The number of halogens is 2. The van der Waals surface area contributed by atoms with Gasteiger partial charge < -0.3 is 15.5 Å². The van der Waals surface area contributed by atoms with Gasteiger partial charge in [-0.25, -0.2) is 4.99 Å². The van der Waals surface area contributed by atoms with Crippen LogP contribution in [0.25, 0.3) is 0 Å². The summed E-state index contributed by atoms with van der Waals surface area (Å²) in [5.41, 5.74) is 0. The minimum absolute atomic E-state index is 0. The van der Waals surface area contributed by atoms with Crippen LogP contribution in [-0.4, -0.2) is 43.1 Å². The van der Waals surface area contributed by atoms with E-state index in [-0.39, 0.29) is 24.0 Å². The first kappa shape index (κ1) is 24.1. The number of nitrogens with one attached hydrogen (secondary N) is 2. The Morgan fingerprint density at radius 1 is 1.33 bits per heavy atom. The molecular weight excluding hydrogens is 499 g/mol. The van der Waals surface area contributed by atoms with E-state index in [1.807, 2.05) is 0 Å². The van der Waals surface area contributed by atoms with Gasteiger partial charge in [0.15, 0.2) is 5.96 Å². The van der Waals surface area contributed by atoms with Crippen molar-refractivity contribution in [2.45, 2.75) is 53.1 Å². The van der Waals surface area contributed by atoms with Crippen molar-refractivity contribution in [1.82, 2.24) is 15.5 Å². The smallest absolute Gasteiger partial charge is 0.191 e. The molecule has 1 atom stereocenters. The average molecular weight is 531 g/mol. The molecule has 1 rings (SSSR count). The van der Waals surface area contributed by atoms with Gasteiger partial charge in [-0.2, -0.15) is 0 Å². The number of nitrogens with zero attached hydrogens (tertiary/aromatic N) is 2. The molecule has 0 radical (unpaired) electrons. The lowest BCUT2D eigenvalue weighted by atomic mass is 10.2. The van der Waals surface area contributed by atoms with E-state index >= 15 is 0 Å². The van der Waals surface area contributed by atoms with Gasteiger partial charge in [-0.3, -0.25) is 0 Å². The van der Waals surface area contributed by atoms with Gasteiger partial charge in [0.05, 0.1) is 6.54 Å². The minimum atomic E-state index is 0. The highest BCUT2D eigenvalue weighted by molar-refractivity contribution is 14.0. The fourth-order valence-electron chi connectivity index (χ4n) is 2.38. The van der Waals surface area contributed by atoms with Crippen molar-refractivity contribution in [2.24, 2.45) is 4.99 Å². The zero-order chi connectivity index (χ0) is 17.1. The first-order chi connectivity index (χ1) is 11.1. The molecular formula is C17H32BrIN4S. The highest BCUT2D eigenvalue weighted by Crippen LogP contribution is 2.20. The topological polar surface area (TPSA) is 39.7 Å². The summed E-state index contributed by atoms with van der Waals surface area (Å²) in [6, 6.07) is 2.56. The second-order valence-electron chi connectivity index (χ2n) is 5.64. The lowest BCUT2D eigenvalue weighted by Gasteiger charge is -2.21. The maximum atomic E-state index is 4.69. The Labute approximate surface area is 177 Å². The first-order valence-corrected chi connectivity index (χ1v) is 10.3. The van der Waals surface area contributed by atoms with Crippen LogP contribution in [0.4, 0.5) is 0 Å². The molecule has 4 nitrogen and oxygen atoms in total. The molecule has 0 aromatic carbocycles. The standard InChI is InChI=1S/C17H31BrN4S.HI/c1-5-19-17(20-12-16-11-15(18)13-23-16)21-14(4)9-8-10-22(6-2)7-3;/h11,13-14H,5-10,12H2,1-4H3,(H2,19,20,21);1H. The second-order valence-corrected chi connectivity index (χ2v) is 7.55. The van der Waals surface area contributed by atoms with Crippen molar-refractivity contribution in [3.63, 3.8) is 0 Å². The molecule has 0 saturated carbocycles. The molecule has 0 saturated heterocycles. The summed E-state index contributed by atoms with van der Waals surface area (Å²) in [4.78, 5) is 8.43. The molecule has 0 fully saturated rings. The Hall–Kier alpha value is 0.140. The summed E-state index contributed by atoms with van der Waals surface area (Å²) in [5.74, 6) is 0.910. The van der Waals surface area contributed by atoms with Crippen LogP contribution in [0.5, 0.6) is 0 Å². The van der Waals surface area contributed by atoms with Gasteiger partial charge in [-0.15, -0.1) is 35.3 Å². The van der Waals surface area contributed by atoms with Crippen molar-refractivity contribution in [1.29, 1.82) is 0 Å². The quantitative estimate of drug-likeness (QED) is 0.262. The van der Waals surface area contributed by atoms with Crippen molar-refractivity contribution in [2.75, 3.05) is 26.2 Å². The normalized spacial score (nSPS) is 12.8. The molecule has 1 unspecified atom stereocenters. The highest BCUT2D eigenvalue weighted by atomic mass is 127. The van der Waals surface area contributed by atoms with Gasteiger partial charge in [-0.1, -0.05) is 13.8 Å². The predicted octanol–water partition coefficient (Wildman–Crippen LogP) is 4.69. The molecule has 1 aromatic heterocycles. The Morgan fingerprint density at radius 3 is 2.58 bits per heavy atom. The third kappa shape index (κ3) is 10.2. The van der Waals surface area contributed by atoms with E-state index in [1.54, 1.807) is 11.3 Å². The lowest BCUT2D eigenvalue weighted by molar-refractivity contribution is 0.292. The van der Waals surface area contributed by atoms with E-state index in [1.165, 1.54) is 17.8 Å². The monoisotopic (exact) mass is 530 g/mol. The van der Waals surface area contributed by atoms with Crippen molar-refractivity contribution in [3.05, 3.63) is 20.8 Å². The Morgan fingerprint density at radius 2 is 2.04 bits per heavy atom. The van der Waals surface area contributed by atoms with Crippen molar-refractivity contribution < 1.29 is 0 Å². The molecule has 0 spiro atoms. The van der Waals surface area contributed by atoms with Crippen LogP contribution in [0.3, 0.4) is 0 Å². The zero-order valence-electron chi connectivity index (χ0n) is 15.3. The summed E-state index contributed by atoms with van der Waals surface area (Å²) in [7, 11) is 0. The molecule has 140 valence electrons. The van der Waals surface area contributed by atoms with E-state index in [4.69, 9.17) is 0 Å². The van der Waals surface area contributed by atoms with Crippen molar-refractivity contribution in [3.8, 4) is 0 Å². The van der Waals surface area contributed by atoms with Gasteiger partial charge in [0.25, 0.3) is 0 Å². The summed E-state index contributed by atoms with van der Waals surface area (Å²) < 4.78 is 1.13. The summed E-state index contributed by atoms with van der Waals surface area (Å²) >= 11 is 5.22. The number of hydrogen-bond acceptors (Lipinski definition) is 3. The maximum Gasteiger partial charge on any atom is 0.191 e. The third-order valence-corrected chi connectivity index (χ3v) is 5.43. The fourth-order valence-corrected chi connectivity index (χ4v) is 3.75. The molecule has 0 aliphatic heterocycles. The van der Waals surface area contributed by atoms with E-state index in [0.717, 1.165) is 43.0 Å². The number of rotatable bonds is 10. The molecule has 0 bridgehead atoms. The molecule has 0 amide bonds. The maximum absolute atomic E-state index is 4.69. The molecule has 24 heavy (non-hydrogen) atoms. The molecule has 2 N–H and O–H groups in total. The Bertz CT molecular complexity index is 463. The fraction of sp³-hybridized carbons (Fsp3) is 0.706. The Kier molecular flexibility index (Phi) is 14.4. The summed E-state index contributed by atoms with van der Waals surface area (Å²) in [6.07, 6.45) is 2.37. The zero-order valence-corrected chi connectivity index (χ0v) is 20.0. The van der Waals surface area contributed by atoms with Crippen LogP contribution in [0.2, 0.25) is 0 Å². The third-order valence-electron chi connectivity index (χ3n) is 3.75. The number of aliphatic imine (C=N–C) groups is 1. The van der Waals surface area contributed by atoms with Crippen LogP contribution in [0.15, 0.2) is 20.9 Å². The number of guanidine groups is 1. The van der Waals surface area contributed by atoms with E-state index in [2.05, 4.69) is 75.6 Å². The van der Waals surface area contributed by atoms with Gasteiger partial charge in [-0.05, 0) is 68.3 Å². The van der Waals surface area contributed by atoms with Crippen LogP contribution in [0, 0.1) is 0 Å². The Balaban J connectivity index is 0.00000529. The first-order valence-electron chi connectivity index (χ1n) is 8.59. The SMILES string of the molecule is CCNC(=NCc1cc(Br)cs1)NC(C)CCCN(CC)CC.I. The molecule has 1 heterocycles. The van der Waals surface area contributed by atoms with E-state index in [9.17, 15) is 0 Å². The summed E-state index contributed by atoms with van der Waals surface area (Å²) in [6.45, 7) is 13.8. The van der Waals surface area contributed by atoms with E-state index in [0.29, 0.717) is 6.04 Å². The van der Waals surface area contributed by atoms with Crippen LogP contribution in [0.1, 0.15) is 45.4 Å². The van der Waals surface area contributed by atoms with Crippen LogP contribution >= 0.6 is 51.2 Å². The molecule has 0 aliphatic carbocycles. The number of thiophene rings is 1. The van der Waals surface area contributed by atoms with E-state index < -0.39 is 0 Å². The van der Waals surface area contributed by atoms with Gasteiger partial charge >= 0.3 is 0 Å². The van der Waals surface area contributed by atoms with Gasteiger partial charge in [0.1, 0.15) is 0 Å². The predicted molar refractivity (Wildman–Crippen MR) is 122 cm³/mol. The molecule has 7 heteroatoms. The van der Waals surface area contributed by atoms with Crippen LogP contribution < -0.4 is 10.6 Å². The number of hydrogen-bond donors (Lipinski definition) is 2. The lowest BCUT2D eigenvalue weighted by Crippen LogP contribution is -2.42. The largest absolute Gasteiger partial charge is 0.357 e. The van der Waals surface area contributed by atoms with Crippen LogP contribution in [-0.2, 0) is 6.54 Å². The highest BCUT2D eigenvalue weighted by Gasteiger charge is 2.07. The summed E-state index contributed by atoms with van der Waals surface area (Å²) in [5, 5.41) is 8.95. The van der Waals surface area contributed by atoms with Crippen molar-refractivity contribution >= 4 is 57.2 Å².